The van der Waals surface area contributed by atoms with E-state index in [1.54, 1.807) is 24.5 Å². The zero-order valence-corrected chi connectivity index (χ0v) is 11.7. The Kier molecular flexibility index (Phi) is 2.65. The number of pyridine rings is 1. The first kappa shape index (κ1) is 12.5. The van der Waals surface area contributed by atoms with E-state index in [1.807, 2.05) is 29.5 Å². The number of carbonyl (C=O) groups excluding carboxylic acids is 1. The normalized spacial score (nSPS) is 11.1. The molecule has 0 fully saturated rings. The third kappa shape index (κ3) is 1.99. The van der Waals surface area contributed by atoms with Crippen molar-refractivity contribution in [1.82, 2.24) is 24.8 Å². The number of nitrogens with one attached hydrogen (secondary N) is 2. The van der Waals surface area contributed by atoms with Crippen molar-refractivity contribution in [1.29, 1.82) is 0 Å². The van der Waals surface area contributed by atoms with E-state index in [-0.39, 0.29) is 5.91 Å². The third-order valence-corrected chi connectivity index (χ3v) is 3.54. The lowest BCUT2D eigenvalue weighted by molar-refractivity contribution is 0.102. The van der Waals surface area contributed by atoms with Gasteiger partial charge in [-0.15, -0.1) is 10.2 Å². The molecule has 4 rings (SSSR count). The van der Waals surface area contributed by atoms with Crippen molar-refractivity contribution in [2.24, 2.45) is 0 Å². The van der Waals surface area contributed by atoms with Crippen LogP contribution in [0.15, 0.2) is 42.7 Å². The molecule has 0 saturated heterocycles. The summed E-state index contributed by atoms with van der Waals surface area (Å²) in [5, 5.41) is 18.7. The van der Waals surface area contributed by atoms with Gasteiger partial charge in [0, 0.05) is 22.8 Å². The van der Waals surface area contributed by atoms with Crippen molar-refractivity contribution in [2.75, 3.05) is 5.32 Å². The third-order valence-electron chi connectivity index (χ3n) is 3.54. The van der Waals surface area contributed by atoms with Crippen LogP contribution in [-0.4, -0.2) is 30.7 Å². The average Bonchev–Trinajstić information content (AvgIpc) is 3.13. The number of anilines is 1. The first-order chi connectivity index (χ1) is 10.7. The summed E-state index contributed by atoms with van der Waals surface area (Å²) in [5.41, 5.74) is 2.76. The van der Waals surface area contributed by atoms with E-state index in [0.717, 1.165) is 16.7 Å². The maximum atomic E-state index is 12.3. The minimum Gasteiger partial charge on any atom is -0.322 e. The fourth-order valence-electron chi connectivity index (χ4n) is 2.37. The van der Waals surface area contributed by atoms with E-state index in [2.05, 4.69) is 25.7 Å². The van der Waals surface area contributed by atoms with Crippen LogP contribution in [0.2, 0.25) is 0 Å². The Hall–Kier alpha value is -3.22. The Balaban J connectivity index is 1.64. The molecule has 0 saturated carbocycles. The number of hydrogen-bond acceptors (Lipinski definition) is 4. The second kappa shape index (κ2) is 4.66. The molecule has 1 aromatic carbocycles. The summed E-state index contributed by atoms with van der Waals surface area (Å²) in [5.74, 6) is 0.591. The highest BCUT2D eigenvalue weighted by molar-refractivity contribution is 6.05. The summed E-state index contributed by atoms with van der Waals surface area (Å²) in [6.07, 6.45) is 3.53. The van der Waals surface area contributed by atoms with E-state index in [9.17, 15) is 4.79 Å². The lowest BCUT2D eigenvalue weighted by atomic mass is 10.2. The van der Waals surface area contributed by atoms with Crippen molar-refractivity contribution in [2.45, 2.75) is 6.92 Å². The molecule has 3 aromatic heterocycles. The van der Waals surface area contributed by atoms with E-state index < -0.39 is 0 Å². The highest BCUT2D eigenvalue weighted by Gasteiger charge is 2.09. The van der Waals surface area contributed by atoms with Crippen molar-refractivity contribution >= 4 is 28.1 Å². The molecule has 3 heterocycles. The zero-order valence-electron chi connectivity index (χ0n) is 11.7. The van der Waals surface area contributed by atoms with Crippen molar-refractivity contribution in [3.63, 3.8) is 0 Å². The standard InChI is InChI=1S/C15H12N6O/c1-9-18-20-14-6-10(4-5-21(9)14)15(22)17-12-3-2-11-8-16-19-13(11)7-12/h2-8H,1H3,(H,16,19)(H,17,22). The van der Waals surface area contributed by atoms with Crippen LogP contribution < -0.4 is 5.32 Å². The van der Waals surface area contributed by atoms with Gasteiger partial charge in [-0.3, -0.25) is 14.3 Å². The number of hydrogen-bond donors (Lipinski definition) is 2. The van der Waals surface area contributed by atoms with Crippen LogP contribution in [0.3, 0.4) is 0 Å². The van der Waals surface area contributed by atoms with E-state index >= 15 is 0 Å². The summed E-state index contributed by atoms with van der Waals surface area (Å²) in [6.45, 7) is 1.86. The number of aromatic nitrogens is 5. The van der Waals surface area contributed by atoms with Gasteiger partial charge in [-0.05, 0) is 37.3 Å². The van der Waals surface area contributed by atoms with Crippen molar-refractivity contribution in [3.8, 4) is 0 Å². The maximum Gasteiger partial charge on any atom is 0.255 e. The van der Waals surface area contributed by atoms with E-state index in [4.69, 9.17) is 0 Å². The fraction of sp³-hybridized carbons (Fsp3) is 0.0667. The van der Waals surface area contributed by atoms with Gasteiger partial charge in [0.2, 0.25) is 0 Å². The van der Waals surface area contributed by atoms with Gasteiger partial charge in [0.25, 0.3) is 5.91 Å². The van der Waals surface area contributed by atoms with Crippen molar-refractivity contribution in [3.05, 3.63) is 54.1 Å². The molecule has 0 atom stereocenters. The number of aryl methyl sites for hydroxylation is 1. The molecule has 0 spiro atoms. The predicted octanol–water partition coefficient (Wildman–Crippen LogP) is 2.17. The topological polar surface area (TPSA) is 88.0 Å². The quantitative estimate of drug-likeness (QED) is 0.592. The van der Waals surface area contributed by atoms with Gasteiger partial charge in [-0.25, -0.2) is 0 Å². The molecule has 7 nitrogen and oxygen atoms in total. The summed E-state index contributed by atoms with van der Waals surface area (Å²) in [6, 6.07) is 9.05. The van der Waals surface area contributed by atoms with Crippen LogP contribution in [0.1, 0.15) is 16.2 Å². The molecule has 4 aromatic rings. The van der Waals surface area contributed by atoms with E-state index in [0.29, 0.717) is 16.9 Å². The largest absolute Gasteiger partial charge is 0.322 e. The SMILES string of the molecule is Cc1nnc2cc(C(=O)Nc3ccc4cn[nH]c4c3)ccn12. The molecule has 0 bridgehead atoms. The second-order valence-electron chi connectivity index (χ2n) is 5.02. The molecule has 0 aliphatic carbocycles. The summed E-state index contributed by atoms with van der Waals surface area (Å²) in [4.78, 5) is 12.3. The molecule has 0 unspecified atom stereocenters. The average molecular weight is 292 g/mol. The summed E-state index contributed by atoms with van der Waals surface area (Å²) >= 11 is 0. The molecule has 0 aliphatic rings. The number of rotatable bonds is 2. The Labute approximate surface area is 125 Å². The number of benzene rings is 1. The molecule has 2 N–H and O–H groups in total. The zero-order chi connectivity index (χ0) is 15.1. The molecule has 22 heavy (non-hydrogen) atoms. The first-order valence-electron chi connectivity index (χ1n) is 6.76. The lowest BCUT2D eigenvalue weighted by Gasteiger charge is -2.05. The minimum absolute atomic E-state index is 0.193. The minimum atomic E-state index is -0.193. The molecule has 1 amide bonds. The number of amides is 1. The van der Waals surface area contributed by atoms with Gasteiger partial charge in [0.15, 0.2) is 5.65 Å². The molecular formula is C15H12N6O. The Morgan fingerprint density at radius 1 is 1.23 bits per heavy atom. The second-order valence-corrected chi connectivity index (χ2v) is 5.02. The van der Waals surface area contributed by atoms with Crippen LogP contribution in [-0.2, 0) is 0 Å². The van der Waals surface area contributed by atoms with Crippen LogP contribution in [0.4, 0.5) is 5.69 Å². The van der Waals surface area contributed by atoms with Gasteiger partial charge < -0.3 is 5.32 Å². The predicted molar refractivity (Wildman–Crippen MR) is 81.8 cm³/mol. The molecule has 0 aliphatic heterocycles. The van der Waals surface area contributed by atoms with Gasteiger partial charge in [-0.2, -0.15) is 5.10 Å². The van der Waals surface area contributed by atoms with Gasteiger partial charge in [0.1, 0.15) is 5.82 Å². The van der Waals surface area contributed by atoms with Crippen LogP contribution >= 0.6 is 0 Å². The Morgan fingerprint density at radius 2 is 2.14 bits per heavy atom. The molecule has 7 heteroatoms. The highest BCUT2D eigenvalue weighted by atomic mass is 16.1. The van der Waals surface area contributed by atoms with Crippen LogP contribution in [0.5, 0.6) is 0 Å². The summed E-state index contributed by atoms with van der Waals surface area (Å²) < 4.78 is 1.83. The van der Waals surface area contributed by atoms with E-state index in [1.165, 1.54) is 0 Å². The molecule has 108 valence electrons. The fourth-order valence-corrected chi connectivity index (χ4v) is 2.37. The van der Waals surface area contributed by atoms with Gasteiger partial charge in [-0.1, -0.05) is 0 Å². The van der Waals surface area contributed by atoms with Crippen LogP contribution in [0.25, 0.3) is 16.6 Å². The number of aromatic amines is 1. The number of fused-ring (bicyclic) bond motifs is 2. The molecular weight excluding hydrogens is 280 g/mol. The number of H-pyrrole nitrogens is 1. The summed E-state index contributed by atoms with van der Waals surface area (Å²) in [7, 11) is 0. The highest BCUT2D eigenvalue weighted by Crippen LogP contribution is 2.17. The van der Waals surface area contributed by atoms with Gasteiger partial charge in [0.05, 0.1) is 11.7 Å². The Bertz CT molecular complexity index is 1000. The number of carbonyl (C=O) groups is 1. The smallest absolute Gasteiger partial charge is 0.255 e. The van der Waals surface area contributed by atoms with Crippen LogP contribution in [0, 0.1) is 6.92 Å². The molecule has 0 radical (unpaired) electrons. The first-order valence-corrected chi connectivity index (χ1v) is 6.76. The lowest BCUT2D eigenvalue weighted by Crippen LogP contribution is -2.12. The Morgan fingerprint density at radius 3 is 3.05 bits per heavy atom. The van der Waals surface area contributed by atoms with Gasteiger partial charge >= 0.3 is 0 Å². The number of nitrogens with zero attached hydrogens (tertiary/aromatic N) is 4. The van der Waals surface area contributed by atoms with Crippen molar-refractivity contribution < 1.29 is 4.79 Å². The monoisotopic (exact) mass is 292 g/mol. The maximum absolute atomic E-state index is 12.3.